The van der Waals surface area contributed by atoms with E-state index in [1.165, 1.54) is 16.9 Å². The fraction of sp³-hybridized carbons (Fsp3) is 0.308. The van der Waals surface area contributed by atoms with Gasteiger partial charge in [-0.15, -0.1) is 0 Å². The van der Waals surface area contributed by atoms with E-state index in [-0.39, 0.29) is 5.91 Å². The molecule has 0 radical (unpaired) electrons. The van der Waals surface area contributed by atoms with E-state index in [1.807, 2.05) is 52.1 Å². The molecule has 190 valence electrons. The number of anilines is 5. The third-order valence-electron chi connectivity index (χ3n) is 6.13. The zero-order chi connectivity index (χ0) is 25.9. The lowest BCUT2D eigenvalue weighted by Crippen LogP contribution is -2.47. The van der Waals surface area contributed by atoms with E-state index in [2.05, 4.69) is 57.5 Å². The maximum atomic E-state index is 12.9. The molecule has 5 rings (SSSR count). The van der Waals surface area contributed by atoms with Crippen molar-refractivity contribution in [2.45, 2.75) is 27.7 Å². The maximum absolute atomic E-state index is 12.9. The van der Waals surface area contributed by atoms with Crippen molar-refractivity contribution in [2.75, 3.05) is 46.6 Å². The fourth-order valence-electron chi connectivity index (χ4n) is 4.43. The summed E-state index contributed by atoms with van der Waals surface area (Å²) in [7, 11) is 0. The number of thiazole rings is 1. The van der Waals surface area contributed by atoms with E-state index in [9.17, 15) is 4.79 Å². The van der Waals surface area contributed by atoms with Crippen molar-refractivity contribution in [3.8, 4) is 0 Å². The molecule has 4 heterocycles. The zero-order valence-electron chi connectivity index (χ0n) is 21.3. The number of hydrogen-bond acceptors (Lipinski definition) is 10. The van der Waals surface area contributed by atoms with E-state index < -0.39 is 0 Å². The third-order valence-corrected chi connectivity index (χ3v) is 7.05. The van der Waals surface area contributed by atoms with Gasteiger partial charge < -0.3 is 15.1 Å². The predicted octanol–water partition coefficient (Wildman–Crippen LogP) is 4.28. The summed E-state index contributed by atoms with van der Waals surface area (Å²) < 4.78 is 0. The Hall–Kier alpha value is -4.12. The summed E-state index contributed by atoms with van der Waals surface area (Å²) in [5, 5.41) is 6.71. The molecule has 0 atom stereocenters. The van der Waals surface area contributed by atoms with Crippen LogP contribution in [-0.2, 0) is 0 Å². The molecule has 1 saturated heterocycles. The molecule has 1 fully saturated rings. The molecule has 2 N–H and O–H groups in total. The van der Waals surface area contributed by atoms with Crippen LogP contribution in [0.5, 0.6) is 0 Å². The minimum absolute atomic E-state index is 0.195. The molecular formula is C26H29N9OS. The molecule has 0 aliphatic carbocycles. The zero-order valence-corrected chi connectivity index (χ0v) is 22.1. The molecule has 0 spiro atoms. The monoisotopic (exact) mass is 515 g/mol. The summed E-state index contributed by atoms with van der Waals surface area (Å²) >= 11 is 1.25. The van der Waals surface area contributed by atoms with Crippen molar-refractivity contribution in [1.82, 2.24) is 24.9 Å². The first-order chi connectivity index (χ1) is 17.9. The smallest absolute Gasteiger partial charge is 0.267 e. The van der Waals surface area contributed by atoms with Crippen LogP contribution in [0.25, 0.3) is 0 Å². The largest absolute Gasteiger partial charge is 0.353 e. The van der Waals surface area contributed by atoms with Crippen molar-refractivity contribution in [1.29, 1.82) is 0 Å². The lowest BCUT2D eigenvalue weighted by Gasteiger charge is -2.35. The van der Waals surface area contributed by atoms with Crippen molar-refractivity contribution in [3.05, 3.63) is 70.1 Å². The van der Waals surface area contributed by atoms with Crippen LogP contribution in [-0.4, -0.2) is 57.0 Å². The Balaban J connectivity index is 1.25. The molecular weight excluding hydrogens is 486 g/mol. The number of rotatable bonds is 6. The number of carbonyl (C=O) groups excluding carboxylic acids is 1. The number of nitrogens with zero attached hydrogens (tertiary/aromatic N) is 7. The molecule has 1 aliphatic rings. The lowest BCUT2D eigenvalue weighted by atomic mass is 10.1. The normalized spacial score (nSPS) is 13.5. The minimum Gasteiger partial charge on any atom is -0.353 e. The molecule has 10 nitrogen and oxygen atoms in total. The van der Waals surface area contributed by atoms with Crippen molar-refractivity contribution < 1.29 is 4.79 Å². The first kappa shape index (κ1) is 24.6. The predicted molar refractivity (Wildman–Crippen MR) is 147 cm³/mol. The van der Waals surface area contributed by atoms with Crippen LogP contribution in [0, 0.1) is 27.7 Å². The molecule has 1 aliphatic heterocycles. The highest BCUT2D eigenvalue weighted by Crippen LogP contribution is 2.26. The number of nitrogens with one attached hydrogen (secondary N) is 2. The summed E-state index contributed by atoms with van der Waals surface area (Å²) in [6.07, 6.45) is 3.38. The van der Waals surface area contributed by atoms with Crippen LogP contribution >= 0.6 is 11.3 Å². The number of hydrogen-bond donors (Lipinski definition) is 2. The molecule has 0 unspecified atom stereocenters. The molecule has 0 saturated carbocycles. The lowest BCUT2D eigenvalue weighted by molar-refractivity contribution is 0.103. The number of carbonyl (C=O) groups is 1. The summed E-state index contributed by atoms with van der Waals surface area (Å²) in [5.74, 6) is 2.42. The topological polar surface area (TPSA) is 112 Å². The van der Waals surface area contributed by atoms with E-state index >= 15 is 0 Å². The van der Waals surface area contributed by atoms with Crippen molar-refractivity contribution >= 4 is 45.8 Å². The van der Waals surface area contributed by atoms with Crippen molar-refractivity contribution in [3.63, 3.8) is 0 Å². The summed E-state index contributed by atoms with van der Waals surface area (Å²) in [6.45, 7) is 11.1. The summed E-state index contributed by atoms with van der Waals surface area (Å²) in [4.78, 5) is 40.2. The standard InChI is InChI=1S/C26H29N9OS/c1-16-13-17(2)22(18(3)14-16)31-23(36)20-15-28-26(37-20)33-24-29-19(4)30-25(32-24)35-11-9-34(10-12-35)21-7-5-6-8-27-21/h5-8,13-15H,9-12H2,1-4H3,(H,31,36)(H,28,29,30,32,33). The SMILES string of the molecule is Cc1cc(C)c(NC(=O)c2cnc(Nc3nc(C)nc(N4CCN(c5ccccn5)CC4)n3)s2)c(C)c1. The Bertz CT molecular complexity index is 1390. The van der Waals surface area contributed by atoms with Gasteiger partial charge in [0.15, 0.2) is 5.13 Å². The first-order valence-electron chi connectivity index (χ1n) is 12.1. The molecule has 0 bridgehead atoms. The number of amides is 1. The second-order valence-electron chi connectivity index (χ2n) is 9.05. The van der Waals surface area contributed by atoms with E-state index in [0.29, 0.717) is 27.7 Å². The summed E-state index contributed by atoms with van der Waals surface area (Å²) in [5.41, 5.74) is 4.06. The van der Waals surface area contributed by atoms with Gasteiger partial charge in [0.05, 0.1) is 6.20 Å². The molecule has 37 heavy (non-hydrogen) atoms. The number of aryl methyl sites for hydroxylation is 4. The van der Waals surface area contributed by atoms with Crippen LogP contribution in [0.4, 0.5) is 28.5 Å². The average molecular weight is 516 g/mol. The molecule has 11 heteroatoms. The van der Waals surface area contributed by atoms with Crippen molar-refractivity contribution in [2.24, 2.45) is 0 Å². The van der Waals surface area contributed by atoms with E-state index in [1.54, 1.807) is 6.20 Å². The first-order valence-corrected chi connectivity index (χ1v) is 12.9. The Morgan fingerprint density at radius 2 is 1.65 bits per heavy atom. The second-order valence-corrected chi connectivity index (χ2v) is 10.1. The third kappa shape index (κ3) is 5.67. The van der Waals surface area contributed by atoms with Crippen LogP contribution in [0.1, 0.15) is 32.2 Å². The molecule has 3 aromatic heterocycles. The summed E-state index contributed by atoms with van der Waals surface area (Å²) in [6, 6.07) is 10.1. The number of aromatic nitrogens is 5. The van der Waals surface area contributed by atoms with Gasteiger partial charge in [0.25, 0.3) is 5.91 Å². The van der Waals surface area contributed by atoms with Gasteiger partial charge in [0.2, 0.25) is 11.9 Å². The maximum Gasteiger partial charge on any atom is 0.267 e. The van der Waals surface area contributed by atoms with Crippen LogP contribution in [0.15, 0.2) is 42.7 Å². The Morgan fingerprint density at radius 3 is 2.35 bits per heavy atom. The minimum atomic E-state index is -0.195. The number of piperazine rings is 1. The van der Waals surface area contributed by atoms with Crippen LogP contribution in [0.2, 0.25) is 0 Å². The van der Waals surface area contributed by atoms with Gasteiger partial charge in [-0.3, -0.25) is 10.1 Å². The highest BCUT2D eigenvalue weighted by molar-refractivity contribution is 7.17. The Morgan fingerprint density at radius 1 is 0.919 bits per heavy atom. The highest BCUT2D eigenvalue weighted by Gasteiger charge is 2.21. The van der Waals surface area contributed by atoms with Gasteiger partial charge in [-0.25, -0.2) is 9.97 Å². The highest BCUT2D eigenvalue weighted by atomic mass is 32.1. The molecule has 4 aromatic rings. The van der Waals surface area contributed by atoms with Gasteiger partial charge >= 0.3 is 0 Å². The fourth-order valence-corrected chi connectivity index (χ4v) is 5.13. The quantitative estimate of drug-likeness (QED) is 0.388. The second kappa shape index (κ2) is 10.5. The number of pyridine rings is 1. The Labute approximate surface area is 219 Å². The van der Waals surface area contributed by atoms with E-state index in [4.69, 9.17) is 0 Å². The Kier molecular flexibility index (Phi) is 6.95. The number of benzene rings is 1. The van der Waals surface area contributed by atoms with Crippen LogP contribution in [0.3, 0.4) is 0 Å². The van der Waals surface area contributed by atoms with Gasteiger partial charge in [-0.2, -0.15) is 15.0 Å². The van der Waals surface area contributed by atoms with Gasteiger partial charge in [-0.05, 0) is 51.0 Å². The van der Waals surface area contributed by atoms with E-state index in [0.717, 1.165) is 48.8 Å². The molecule has 1 amide bonds. The van der Waals surface area contributed by atoms with Gasteiger partial charge in [0, 0.05) is 38.1 Å². The molecule has 1 aromatic carbocycles. The van der Waals surface area contributed by atoms with Gasteiger partial charge in [-0.1, -0.05) is 35.1 Å². The van der Waals surface area contributed by atoms with Crippen LogP contribution < -0.4 is 20.4 Å². The average Bonchev–Trinajstić information content (AvgIpc) is 3.35. The van der Waals surface area contributed by atoms with Gasteiger partial charge in [0.1, 0.15) is 16.5 Å².